The lowest BCUT2D eigenvalue weighted by atomic mass is 9.97. The summed E-state index contributed by atoms with van der Waals surface area (Å²) in [5.41, 5.74) is 0.657. The Kier molecular flexibility index (Phi) is 3.99. The summed E-state index contributed by atoms with van der Waals surface area (Å²) in [7, 11) is -3.47. The summed E-state index contributed by atoms with van der Waals surface area (Å²) < 4.78 is 35.8. The van der Waals surface area contributed by atoms with Crippen LogP contribution in [0.4, 0.5) is 4.39 Å². The summed E-state index contributed by atoms with van der Waals surface area (Å²) in [5.74, 6) is -0.215. The highest BCUT2D eigenvalue weighted by Gasteiger charge is 2.28. The van der Waals surface area contributed by atoms with E-state index in [2.05, 4.69) is 5.32 Å². The van der Waals surface area contributed by atoms with Gasteiger partial charge < -0.3 is 5.32 Å². The molecule has 0 radical (unpaired) electrons. The molecule has 0 aromatic heterocycles. The minimum absolute atomic E-state index is 0.111. The molecule has 1 fully saturated rings. The summed E-state index contributed by atoms with van der Waals surface area (Å²) in [5, 5.41) is 7.71. The first-order valence-electron chi connectivity index (χ1n) is 5.95. The zero-order chi connectivity index (χ0) is 13.2. The van der Waals surface area contributed by atoms with Crippen LogP contribution < -0.4 is 10.5 Å². The SMILES string of the molecule is NS(=O)(=O)C1CCC(Cc2ccccc2F)NC1. The first-order chi connectivity index (χ1) is 8.47. The van der Waals surface area contributed by atoms with Crippen LogP contribution in [-0.2, 0) is 16.4 Å². The second kappa shape index (κ2) is 5.34. The summed E-state index contributed by atoms with van der Waals surface area (Å²) in [4.78, 5) is 0. The number of nitrogens with one attached hydrogen (secondary N) is 1. The smallest absolute Gasteiger partial charge is 0.213 e. The van der Waals surface area contributed by atoms with Crippen molar-refractivity contribution in [1.82, 2.24) is 5.32 Å². The van der Waals surface area contributed by atoms with Crippen LogP contribution in [0.2, 0.25) is 0 Å². The molecular weight excluding hydrogens is 255 g/mol. The predicted octanol–water partition coefficient (Wildman–Crippen LogP) is 0.777. The van der Waals surface area contributed by atoms with E-state index in [0.717, 1.165) is 0 Å². The van der Waals surface area contributed by atoms with Gasteiger partial charge in [-0.05, 0) is 30.9 Å². The maximum absolute atomic E-state index is 13.5. The molecule has 1 heterocycles. The second-order valence-corrected chi connectivity index (χ2v) is 6.53. The van der Waals surface area contributed by atoms with Crippen molar-refractivity contribution in [3.8, 4) is 0 Å². The highest BCUT2D eigenvalue weighted by molar-refractivity contribution is 7.89. The number of piperidine rings is 1. The average Bonchev–Trinajstić information content (AvgIpc) is 2.32. The molecule has 2 unspecified atom stereocenters. The Hall–Kier alpha value is -0.980. The number of hydrogen-bond donors (Lipinski definition) is 2. The number of hydrogen-bond acceptors (Lipinski definition) is 3. The zero-order valence-corrected chi connectivity index (χ0v) is 10.8. The van der Waals surface area contributed by atoms with Crippen molar-refractivity contribution in [2.24, 2.45) is 5.14 Å². The van der Waals surface area contributed by atoms with E-state index < -0.39 is 15.3 Å². The molecule has 1 saturated heterocycles. The lowest BCUT2D eigenvalue weighted by Gasteiger charge is -2.28. The maximum atomic E-state index is 13.5. The maximum Gasteiger partial charge on any atom is 0.213 e. The summed E-state index contributed by atoms with van der Waals surface area (Å²) in [6, 6.07) is 6.76. The lowest BCUT2D eigenvalue weighted by Crippen LogP contribution is -2.47. The zero-order valence-electron chi connectivity index (χ0n) is 9.97. The van der Waals surface area contributed by atoms with Gasteiger partial charge in [0.2, 0.25) is 10.0 Å². The molecule has 100 valence electrons. The van der Waals surface area contributed by atoms with Crippen LogP contribution in [-0.4, -0.2) is 26.3 Å². The van der Waals surface area contributed by atoms with Crippen molar-refractivity contribution in [3.05, 3.63) is 35.6 Å². The molecule has 1 aromatic rings. The van der Waals surface area contributed by atoms with Crippen molar-refractivity contribution in [1.29, 1.82) is 0 Å². The van der Waals surface area contributed by atoms with Crippen LogP contribution in [0, 0.1) is 5.82 Å². The minimum atomic E-state index is -3.47. The van der Waals surface area contributed by atoms with Crippen molar-refractivity contribution in [3.63, 3.8) is 0 Å². The molecule has 0 bridgehead atoms. The number of nitrogens with two attached hydrogens (primary N) is 1. The molecule has 2 atom stereocenters. The standard InChI is InChI=1S/C12H17FN2O2S/c13-12-4-2-1-3-9(12)7-10-5-6-11(8-15-10)18(14,16)17/h1-4,10-11,15H,5-8H2,(H2,14,16,17). The highest BCUT2D eigenvalue weighted by Crippen LogP contribution is 2.17. The van der Waals surface area contributed by atoms with E-state index >= 15 is 0 Å². The van der Waals surface area contributed by atoms with Gasteiger partial charge in [0.1, 0.15) is 5.82 Å². The number of primary sulfonamides is 1. The van der Waals surface area contributed by atoms with Gasteiger partial charge in [-0.15, -0.1) is 0 Å². The predicted molar refractivity (Wildman–Crippen MR) is 68.0 cm³/mol. The molecule has 1 aromatic carbocycles. The molecule has 0 amide bonds. The van der Waals surface area contributed by atoms with E-state index in [9.17, 15) is 12.8 Å². The van der Waals surface area contributed by atoms with E-state index in [4.69, 9.17) is 5.14 Å². The third-order valence-corrected chi connectivity index (χ3v) is 4.69. The van der Waals surface area contributed by atoms with Gasteiger partial charge in [0.25, 0.3) is 0 Å². The fourth-order valence-corrected chi connectivity index (χ4v) is 3.07. The van der Waals surface area contributed by atoms with Crippen LogP contribution in [0.3, 0.4) is 0 Å². The number of benzene rings is 1. The van der Waals surface area contributed by atoms with Gasteiger partial charge in [0.05, 0.1) is 5.25 Å². The third kappa shape index (κ3) is 3.28. The fourth-order valence-electron chi connectivity index (χ4n) is 2.27. The van der Waals surface area contributed by atoms with Crippen molar-refractivity contribution in [2.75, 3.05) is 6.54 Å². The Morgan fingerprint density at radius 2 is 2.06 bits per heavy atom. The van der Waals surface area contributed by atoms with Crippen LogP contribution in [0.25, 0.3) is 0 Å². The van der Waals surface area contributed by atoms with Gasteiger partial charge in [-0.3, -0.25) is 0 Å². The van der Waals surface area contributed by atoms with E-state index in [1.807, 2.05) is 0 Å². The molecule has 1 aliphatic rings. The molecule has 3 N–H and O–H groups in total. The molecule has 18 heavy (non-hydrogen) atoms. The Balaban J connectivity index is 1.94. The Labute approximate surface area is 106 Å². The summed E-state index contributed by atoms with van der Waals surface area (Å²) in [6.07, 6.45) is 1.80. The summed E-state index contributed by atoms with van der Waals surface area (Å²) >= 11 is 0. The van der Waals surface area contributed by atoms with Crippen LogP contribution in [0.1, 0.15) is 18.4 Å². The van der Waals surface area contributed by atoms with E-state index in [1.165, 1.54) is 6.07 Å². The largest absolute Gasteiger partial charge is 0.312 e. The molecular formula is C12H17FN2O2S. The summed E-state index contributed by atoms with van der Waals surface area (Å²) in [6.45, 7) is 0.345. The molecule has 1 aliphatic heterocycles. The molecule has 4 nitrogen and oxygen atoms in total. The van der Waals surface area contributed by atoms with Gasteiger partial charge >= 0.3 is 0 Å². The number of halogens is 1. The van der Waals surface area contributed by atoms with Gasteiger partial charge in [-0.1, -0.05) is 18.2 Å². The van der Waals surface area contributed by atoms with E-state index in [1.54, 1.807) is 18.2 Å². The Morgan fingerprint density at radius 3 is 2.61 bits per heavy atom. The third-order valence-electron chi connectivity index (χ3n) is 3.36. The topological polar surface area (TPSA) is 72.2 Å². The monoisotopic (exact) mass is 272 g/mol. The Morgan fingerprint density at radius 1 is 1.33 bits per heavy atom. The second-order valence-electron chi connectivity index (χ2n) is 4.69. The van der Waals surface area contributed by atoms with Gasteiger partial charge in [-0.25, -0.2) is 17.9 Å². The highest BCUT2D eigenvalue weighted by atomic mass is 32.2. The normalized spacial score (nSPS) is 25.0. The Bertz CT molecular complexity index is 511. The molecule has 2 rings (SSSR count). The lowest BCUT2D eigenvalue weighted by molar-refractivity contribution is 0.392. The van der Waals surface area contributed by atoms with E-state index in [-0.39, 0.29) is 11.9 Å². The number of sulfonamides is 1. The molecule has 0 spiro atoms. The van der Waals surface area contributed by atoms with Gasteiger partial charge in [0.15, 0.2) is 0 Å². The quantitative estimate of drug-likeness (QED) is 0.854. The minimum Gasteiger partial charge on any atom is -0.312 e. The van der Waals surface area contributed by atoms with Crippen molar-refractivity contribution in [2.45, 2.75) is 30.6 Å². The van der Waals surface area contributed by atoms with Crippen molar-refractivity contribution >= 4 is 10.0 Å². The van der Waals surface area contributed by atoms with Crippen LogP contribution >= 0.6 is 0 Å². The fraction of sp³-hybridized carbons (Fsp3) is 0.500. The van der Waals surface area contributed by atoms with Crippen molar-refractivity contribution < 1.29 is 12.8 Å². The van der Waals surface area contributed by atoms with Gasteiger partial charge in [0, 0.05) is 12.6 Å². The van der Waals surface area contributed by atoms with Crippen LogP contribution in [0.15, 0.2) is 24.3 Å². The number of rotatable bonds is 3. The molecule has 0 saturated carbocycles. The first kappa shape index (κ1) is 13.5. The van der Waals surface area contributed by atoms with Crippen LogP contribution in [0.5, 0.6) is 0 Å². The average molecular weight is 272 g/mol. The molecule has 6 heteroatoms. The van der Waals surface area contributed by atoms with Gasteiger partial charge in [-0.2, -0.15) is 0 Å². The van der Waals surface area contributed by atoms with E-state index in [0.29, 0.717) is 31.4 Å². The first-order valence-corrected chi connectivity index (χ1v) is 7.56. The molecule has 0 aliphatic carbocycles.